The van der Waals surface area contributed by atoms with Crippen molar-refractivity contribution in [2.45, 2.75) is 13.0 Å². The smallest absolute Gasteiger partial charge is 0.119 e. The molecule has 0 aromatic heterocycles. The first-order valence-corrected chi connectivity index (χ1v) is 7.38. The molecule has 0 heterocycles. The Morgan fingerprint density at radius 2 is 2.10 bits per heavy atom. The molecule has 0 bridgehead atoms. The van der Waals surface area contributed by atoms with E-state index in [0.29, 0.717) is 13.2 Å². The third-order valence-electron chi connectivity index (χ3n) is 2.92. The molecule has 21 heavy (non-hydrogen) atoms. The fraction of sp³-hybridized carbons (Fsp3) is 0.625. The lowest BCUT2D eigenvalue weighted by molar-refractivity contribution is 0.0954. The largest absolute Gasteiger partial charge is 0.491 e. The minimum absolute atomic E-state index is 0.290. The number of likely N-dealkylation sites (N-methyl/N-ethyl adjacent to an activating group) is 1. The molecule has 0 saturated heterocycles. The molecule has 5 heteroatoms. The van der Waals surface area contributed by atoms with Crippen LogP contribution in [0.3, 0.4) is 0 Å². The fourth-order valence-corrected chi connectivity index (χ4v) is 1.72. The van der Waals surface area contributed by atoms with Gasteiger partial charge in [-0.1, -0.05) is 12.1 Å². The molecule has 1 rings (SSSR count). The molecular weight excluding hydrogens is 268 g/mol. The second-order valence-corrected chi connectivity index (χ2v) is 5.40. The maximum Gasteiger partial charge on any atom is 0.119 e. The molecule has 0 amide bonds. The van der Waals surface area contributed by atoms with E-state index >= 15 is 0 Å². The Morgan fingerprint density at radius 1 is 1.29 bits per heavy atom. The van der Waals surface area contributed by atoms with Crippen LogP contribution in [0.2, 0.25) is 0 Å². The zero-order valence-corrected chi connectivity index (χ0v) is 13.3. The summed E-state index contributed by atoms with van der Waals surface area (Å²) in [6, 6.07) is 7.81. The highest BCUT2D eigenvalue weighted by Gasteiger charge is 2.04. The normalized spacial score (nSPS) is 12.6. The molecule has 5 nitrogen and oxygen atoms in total. The van der Waals surface area contributed by atoms with Crippen LogP contribution in [-0.2, 0) is 4.74 Å². The van der Waals surface area contributed by atoms with Gasteiger partial charge in [0, 0.05) is 19.6 Å². The maximum absolute atomic E-state index is 9.82. The number of rotatable bonds is 11. The Kier molecular flexibility index (Phi) is 9.01. The van der Waals surface area contributed by atoms with E-state index in [-0.39, 0.29) is 6.61 Å². The molecule has 0 aliphatic carbocycles. The van der Waals surface area contributed by atoms with Gasteiger partial charge in [-0.05, 0) is 38.7 Å². The van der Waals surface area contributed by atoms with E-state index in [9.17, 15) is 5.11 Å². The number of benzene rings is 1. The summed E-state index contributed by atoms with van der Waals surface area (Å²) in [5, 5.41) is 13.0. The third kappa shape index (κ3) is 9.42. The average molecular weight is 296 g/mol. The average Bonchev–Trinajstić information content (AvgIpc) is 2.44. The zero-order valence-electron chi connectivity index (χ0n) is 13.3. The van der Waals surface area contributed by atoms with Gasteiger partial charge in [-0.15, -0.1) is 0 Å². The number of nitrogens with zero attached hydrogens (tertiary/aromatic N) is 1. The quantitative estimate of drug-likeness (QED) is 0.594. The van der Waals surface area contributed by atoms with Crippen molar-refractivity contribution in [3.05, 3.63) is 29.8 Å². The lowest BCUT2D eigenvalue weighted by Crippen LogP contribution is -2.33. The highest BCUT2D eigenvalue weighted by atomic mass is 16.5. The summed E-state index contributed by atoms with van der Waals surface area (Å²) in [6.07, 6.45) is -0.521. The van der Waals surface area contributed by atoms with Gasteiger partial charge in [-0.2, -0.15) is 0 Å². The lowest BCUT2D eigenvalue weighted by atomic mass is 10.2. The summed E-state index contributed by atoms with van der Waals surface area (Å²) < 4.78 is 11.0. The van der Waals surface area contributed by atoms with Gasteiger partial charge < -0.3 is 24.8 Å². The van der Waals surface area contributed by atoms with Crippen molar-refractivity contribution in [1.82, 2.24) is 10.2 Å². The Morgan fingerprint density at radius 3 is 2.81 bits per heavy atom. The number of hydrogen-bond donors (Lipinski definition) is 2. The van der Waals surface area contributed by atoms with E-state index in [1.165, 1.54) is 0 Å². The predicted octanol–water partition coefficient (Wildman–Crippen LogP) is 0.903. The lowest BCUT2D eigenvalue weighted by Gasteiger charge is -2.14. The van der Waals surface area contributed by atoms with Gasteiger partial charge in [0.1, 0.15) is 18.5 Å². The number of nitrogens with one attached hydrogen (secondary N) is 1. The van der Waals surface area contributed by atoms with Gasteiger partial charge in [0.05, 0.1) is 13.2 Å². The number of aliphatic hydroxyl groups is 1. The van der Waals surface area contributed by atoms with Crippen LogP contribution in [0.25, 0.3) is 0 Å². The van der Waals surface area contributed by atoms with Gasteiger partial charge in [0.25, 0.3) is 0 Å². The topological polar surface area (TPSA) is 54.0 Å². The molecule has 2 N–H and O–H groups in total. The van der Waals surface area contributed by atoms with Gasteiger partial charge in [-0.25, -0.2) is 0 Å². The van der Waals surface area contributed by atoms with Crippen molar-refractivity contribution in [3.8, 4) is 5.75 Å². The van der Waals surface area contributed by atoms with E-state index in [4.69, 9.17) is 9.47 Å². The highest BCUT2D eigenvalue weighted by Crippen LogP contribution is 2.12. The van der Waals surface area contributed by atoms with Crippen molar-refractivity contribution in [2.24, 2.45) is 0 Å². The summed E-state index contributed by atoms with van der Waals surface area (Å²) in [7, 11) is 4.04. The number of ether oxygens (including phenoxy) is 2. The molecule has 0 aliphatic rings. The van der Waals surface area contributed by atoms with Crippen molar-refractivity contribution in [3.63, 3.8) is 0 Å². The summed E-state index contributed by atoms with van der Waals surface area (Å²) >= 11 is 0. The predicted molar refractivity (Wildman–Crippen MR) is 84.9 cm³/mol. The van der Waals surface area contributed by atoms with Gasteiger partial charge in [-0.3, -0.25) is 0 Å². The molecule has 1 atom stereocenters. The van der Waals surface area contributed by atoms with Crippen LogP contribution in [0.1, 0.15) is 5.56 Å². The minimum atomic E-state index is -0.521. The molecule has 120 valence electrons. The second-order valence-electron chi connectivity index (χ2n) is 5.40. The standard InChI is InChI=1S/C16H28N2O3/c1-14-5-4-6-16(11-14)21-13-15(19)12-17-7-9-20-10-8-18(2)3/h4-6,11,15,17,19H,7-10,12-13H2,1-3H3. The van der Waals surface area contributed by atoms with E-state index < -0.39 is 6.10 Å². The highest BCUT2D eigenvalue weighted by molar-refractivity contribution is 5.27. The van der Waals surface area contributed by atoms with Crippen molar-refractivity contribution in [2.75, 3.05) is 53.6 Å². The summed E-state index contributed by atoms with van der Waals surface area (Å²) in [6.45, 7) is 5.84. The SMILES string of the molecule is Cc1cccc(OCC(O)CNCCOCCN(C)C)c1. The molecule has 0 spiro atoms. The van der Waals surface area contributed by atoms with Crippen molar-refractivity contribution in [1.29, 1.82) is 0 Å². The van der Waals surface area contributed by atoms with Crippen LogP contribution in [0, 0.1) is 6.92 Å². The third-order valence-corrected chi connectivity index (χ3v) is 2.92. The summed E-state index contributed by atoms with van der Waals surface area (Å²) in [5.74, 6) is 0.793. The number of hydrogen-bond acceptors (Lipinski definition) is 5. The Labute approximate surface area is 127 Å². The van der Waals surface area contributed by atoms with Crippen LogP contribution in [-0.4, -0.2) is 69.7 Å². The van der Waals surface area contributed by atoms with Gasteiger partial charge >= 0.3 is 0 Å². The molecule has 1 aromatic rings. The van der Waals surface area contributed by atoms with Crippen LogP contribution in [0.5, 0.6) is 5.75 Å². The number of aryl methyl sites for hydroxylation is 1. The zero-order chi connectivity index (χ0) is 15.5. The van der Waals surface area contributed by atoms with E-state index in [2.05, 4.69) is 10.2 Å². The number of aliphatic hydroxyl groups excluding tert-OH is 1. The molecular formula is C16H28N2O3. The first-order valence-electron chi connectivity index (χ1n) is 7.38. The van der Waals surface area contributed by atoms with Crippen molar-refractivity contribution >= 4 is 0 Å². The minimum Gasteiger partial charge on any atom is -0.491 e. The molecule has 1 aromatic carbocycles. The Bertz CT molecular complexity index is 386. The van der Waals surface area contributed by atoms with Crippen LogP contribution in [0.15, 0.2) is 24.3 Å². The molecule has 0 radical (unpaired) electrons. The Hall–Kier alpha value is -1.14. The van der Waals surface area contributed by atoms with Crippen LogP contribution < -0.4 is 10.1 Å². The van der Waals surface area contributed by atoms with Crippen molar-refractivity contribution < 1.29 is 14.6 Å². The van der Waals surface area contributed by atoms with Gasteiger partial charge in [0.15, 0.2) is 0 Å². The molecule has 0 aliphatic heterocycles. The van der Waals surface area contributed by atoms with E-state index in [1.807, 2.05) is 45.3 Å². The van der Waals surface area contributed by atoms with E-state index in [0.717, 1.165) is 31.0 Å². The summed E-state index contributed by atoms with van der Waals surface area (Å²) in [5.41, 5.74) is 1.15. The Balaban J connectivity index is 2.00. The molecule has 0 fully saturated rings. The molecule has 1 unspecified atom stereocenters. The first kappa shape index (κ1) is 17.9. The molecule has 0 saturated carbocycles. The maximum atomic E-state index is 9.82. The second kappa shape index (κ2) is 10.6. The van der Waals surface area contributed by atoms with Crippen LogP contribution >= 0.6 is 0 Å². The monoisotopic (exact) mass is 296 g/mol. The first-order chi connectivity index (χ1) is 10.1. The summed E-state index contributed by atoms with van der Waals surface area (Å²) in [4.78, 5) is 2.08. The van der Waals surface area contributed by atoms with Crippen LogP contribution in [0.4, 0.5) is 0 Å². The fourth-order valence-electron chi connectivity index (χ4n) is 1.72. The van der Waals surface area contributed by atoms with Gasteiger partial charge in [0.2, 0.25) is 0 Å². The van der Waals surface area contributed by atoms with E-state index in [1.54, 1.807) is 0 Å².